The molecule has 0 aliphatic heterocycles. The van der Waals surface area contributed by atoms with Crippen molar-refractivity contribution in [2.24, 2.45) is 5.92 Å². The van der Waals surface area contributed by atoms with Crippen molar-refractivity contribution in [2.45, 2.75) is 57.6 Å². The maximum Gasteiger partial charge on any atom is 0.315 e. The number of ether oxygens (including phenoxy) is 1. The normalized spacial score (nSPS) is 22.6. The van der Waals surface area contributed by atoms with Crippen LogP contribution in [-0.4, -0.2) is 49.3 Å². The van der Waals surface area contributed by atoms with Crippen LogP contribution in [0.5, 0.6) is 0 Å². The maximum absolute atomic E-state index is 12.4. The van der Waals surface area contributed by atoms with Gasteiger partial charge >= 0.3 is 6.03 Å². The lowest BCUT2D eigenvalue weighted by Gasteiger charge is -2.35. The molecule has 0 bridgehead atoms. The first-order valence-corrected chi connectivity index (χ1v) is 10.2. The summed E-state index contributed by atoms with van der Waals surface area (Å²) < 4.78 is 5.54. The minimum Gasteiger partial charge on any atom is -0.379 e. The molecule has 1 saturated carbocycles. The summed E-state index contributed by atoms with van der Waals surface area (Å²) in [5.74, 6) is -0.00750. The first-order chi connectivity index (χ1) is 12.6. The van der Waals surface area contributed by atoms with Gasteiger partial charge in [-0.15, -0.1) is 11.3 Å². The van der Waals surface area contributed by atoms with Crippen LogP contribution in [0.1, 0.15) is 44.0 Å². The number of hydrogen-bond acceptors (Lipinski definition) is 5. The van der Waals surface area contributed by atoms with Gasteiger partial charge in [0.15, 0.2) is 0 Å². The second kappa shape index (κ2) is 11.1. The monoisotopic (exact) mass is 382 g/mol. The number of amides is 3. The molecule has 7 nitrogen and oxygen atoms in total. The molecule has 1 aromatic rings. The highest BCUT2D eigenvalue weighted by molar-refractivity contribution is 7.09. The topological polar surface area (TPSA) is 92.4 Å². The van der Waals surface area contributed by atoms with Crippen molar-refractivity contribution in [3.8, 4) is 0 Å². The Hall–Kier alpha value is -1.67. The van der Waals surface area contributed by atoms with E-state index in [0.717, 1.165) is 37.1 Å². The average Bonchev–Trinajstić information content (AvgIpc) is 3.15. The van der Waals surface area contributed by atoms with E-state index in [0.29, 0.717) is 19.5 Å². The number of unbranched alkanes of at least 4 members (excludes halogenated alkanes) is 1. The number of hydrogen-bond donors (Lipinski definition) is 3. The lowest BCUT2D eigenvalue weighted by Crippen LogP contribution is -2.52. The fourth-order valence-corrected chi connectivity index (χ4v) is 3.82. The molecule has 1 aliphatic carbocycles. The van der Waals surface area contributed by atoms with Gasteiger partial charge < -0.3 is 20.7 Å². The van der Waals surface area contributed by atoms with Crippen LogP contribution in [0.25, 0.3) is 0 Å². The van der Waals surface area contributed by atoms with E-state index in [1.54, 1.807) is 24.6 Å². The van der Waals surface area contributed by atoms with Crippen LogP contribution in [0, 0.1) is 5.92 Å². The first kappa shape index (κ1) is 20.6. The minimum atomic E-state index is -0.156. The van der Waals surface area contributed by atoms with Crippen LogP contribution in [0.15, 0.2) is 11.6 Å². The summed E-state index contributed by atoms with van der Waals surface area (Å²) >= 11 is 1.60. The molecule has 26 heavy (non-hydrogen) atoms. The first-order valence-electron chi connectivity index (χ1n) is 9.37. The van der Waals surface area contributed by atoms with E-state index in [1.165, 1.54) is 0 Å². The standard InChI is InChI=1S/C18H30N4O3S/c1-3-4-8-21-18(24)22-14-6-5-13(12-15(14)25-2)17(23)20-9-7-16-19-10-11-26-16/h10-11,13-15H,3-9,12H2,1-2H3,(H,20,23)(H2,21,22,24)/t13-,14-,15-/m0/s1. The second-order valence-electron chi connectivity index (χ2n) is 6.61. The zero-order valence-electron chi connectivity index (χ0n) is 15.6. The van der Waals surface area contributed by atoms with E-state index in [4.69, 9.17) is 4.74 Å². The molecule has 2 rings (SSSR count). The molecule has 0 spiro atoms. The van der Waals surface area contributed by atoms with E-state index in [2.05, 4.69) is 27.9 Å². The molecule has 0 aromatic carbocycles. The Morgan fingerprint density at radius 2 is 2.15 bits per heavy atom. The number of nitrogens with one attached hydrogen (secondary N) is 3. The number of urea groups is 1. The zero-order chi connectivity index (χ0) is 18.8. The maximum atomic E-state index is 12.4. The van der Waals surface area contributed by atoms with E-state index in [1.807, 2.05) is 5.38 Å². The van der Waals surface area contributed by atoms with Crippen molar-refractivity contribution in [3.05, 3.63) is 16.6 Å². The third kappa shape index (κ3) is 6.57. The van der Waals surface area contributed by atoms with Crippen LogP contribution in [-0.2, 0) is 16.0 Å². The molecule has 0 unspecified atom stereocenters. The molecule has 0 saturated heterocycles. The Bertz CT molecular complexity index is 553. The Morgan fingerprint density at radius 3 is 2.85 bits per heavy atom. The fraction of sp³-hybridized carbons (Fsp3) is 0.722. The molecule has 3 atom stereocenters. The fourth-order valence-electron chi connectivity index (χ4n) is 3.20. The van der Waals surface area contributed by atoms with Gasteiger partial charge in [-0.3, -0.25) is 4.79 Å². The summed E-state index contributed by atoms with van der Waals surface area (Å²) in [5.41, 5.74) is 0. The summed E-state index contributed by atoms with van der Waals surface area (Å²) in [4.78, 5) is 28.6. The highest BCUT2D eigenvalue weighted by atomic mass is 32.1. The average molecular weight is 383 g/mol. The van der Waals surface area contributed by atoms with Gasteiger partial charge in [0.2, 0.25) is 5.91 Å². The third-order valence-electron chi connectivity index (χ3n) is 4.72. The molecule has 0 radical (unpaired) electrons. The van der Waals surface area contributed by atoms with Gasteiger partial charge in [0.05, 0.1) is 17.2 Å². The van der Waals surface area contributed by atoms with Crippen molar-refractivity contribution >= 4 is 23.3 Å². The van der Waals surface area contributed by atoms with Gasteiger partial charge in [-0.2, -0.15) is 0 Å². The number of rotatable bonds is 9. The molecule has 8 heteroatoms. The number of carbonyl (C=O) groups is 2. The molecular formula is C18H30N4O3S. The Kier molecular flexibility index (Phi) is 8.84. The number of methoxy groups -OCH3 is 1. The minimum absolute atomic E-state index is 0.0546. The Labute approximate surface area is 159 Å². The molecule has 3 amide bonds. The Morgan fingerprint density at radius 1 is 1.31 bits per heavy atom. The SMILES string of the molecule is CCCCNC(=O)N[C@H]1CC[C@H](C(=O)NCCc2nccs2)C[C@@H]1OC. The summed E-state index contributed by atoms with van der Waals surface area (Å²) in [6, 6.07) is -0.210. The molecule has 1 fully saturated rings. The summed E-state index contributed by atoms with van der Waals surface area (Å²) in [6.07, 6.45) is 6.52. The zero-order valence-corrected chi connectivity index (χ0v) is 16.4. The van der Waals surface area contributed by atoms with Crippen LogP contribution in [0.3, 0.4) is 0 Å². The van der Waals surface area contributed by atoms with E-state index in [-0.39, 0.29) is 30.0 Å². The number of nitrogens with zero attached hydrogens (tertiary/aromatic N) is 1. The van der Waals surface area contributed by atoms with Gasteiger partial charge in [0, 0.05) is 44.1 Å². The lowest BCUT2D eigenvalue weighted by molar-refractivity contribution is -0.127. The molecule has 1 aromatic heterocycles. The van der Waals surface area contributed by atoms with Crippen LogP contribution < -0.4 is 16.0 Å². The van der Waals surface area contributed by atoms with Crippen molar-refractivity contribution < 1.29 is 14.3 Å². The second-order valence-corrected chi connectivity index (χ2v) is 7.59. The van der Waals surface area contributed by atoms with Gasteiger partial charge in [0.1, 0.15) is 0 Å². The Balaban J connectivity index is 1.73. The highest BCUT2D eigenvalue weighted by Gasteiger charge is 2.34. The van der Waals surface area contributed by atoms with E-state index >= 15 is 0 Å². The number of aromatic nitrogens is 1. The van der Waals surface area contributed by atoms with Gasteiger partial charge in [-0.05, 0) is 25.7 Å². The van der Waals surface area contributed by atoms with Crippen molar-refractivity contribution in [3.63, 3.8) is 0 Å². The predicted molar refractivity (Wildman–Crippen MR) is 102 cm³/mol. The molecule has 1 heterocycles. The van der Waals surface area contributed by atoms with E-state index in [9.17, 15) is 9.59 Å². The van der Waals surface area contributed by atoms with Crippen molar-refractivity contribution in [2.75, 3.05) is 20.2 Å². The third-order valence-corrected chi connectivity index (χ3v) is 5.56. The summed E-state index contributed by atoms with van der Waals surface area (Å²) in [6.45, 7) is 3.36. The van der Waals surface area contributed by atoms with Crippen LogP contribution in [0.2, 0.25) is 0 Å². The van der Waals surface area contributed by atoms with Crippen LogP contribution in [0.4, 0.5) is 4.79 Å². The van der Waals surface area contributed by atoms with Crippen molar-refractivity contribution in [1.29, 1.82) is 0 Å². The van der Waals surface area contributed by atoms with Gasteiger partial charge in [-0.1, -0.05) is 13.3 Å². The van der Waals surface area contributed by atoms with Gasteiger partial charge in [-0.25, -0.2) is 9.78 Å². The molecule has 3 N–H and O–H groups in total. The lowest BCUT2D eigenvalue weighted by atomic mass is 9.83. The summed E-state index contributed by atoms with van der Waals surface area (Å²) in [7, 11) is 1.64. The quantitative estimate of drug-likeness (QED) is 0.570. The molecular weight excluding hydrogens is 352 g/mol. The summed E-state index contributed by atoms with van der Waals surface area (Å²) in [5, 5.41) is 11.8. The number of carbonyl (C=O) groups excluding carboxylic acids is 2. The van der Waals surface area contributed by atoms with Crippen molar-refractivity contribution in [1.82, 2.24) is 20.9 Å². The highest BCUT2D eigenvalue weighted by Crippen LogP contribution is 2.26. The number of thiazole rings is 1. The largest absolute Gasteiger partial charge is 0.379 e. The predicted octanol–water partition coefficient (Wildman–Crippen LogP) is 2.08. The molecule has 146 valence electrons. The van der Waals surface area contributed by atoms with Gasteiger partial charge in [0.25, 0.3) is 0 Å². The van der Waals surface area contributed by atoms with E-state index < -0.39 is 0 Å². The molecule has 1 aliphatic rings. The smallest absolute Gasteiger partial charge is 0.315 e. The van der Waals surface area contributed by atoms with Crippen LogP contribution >= 0.6 is 11.3 Å².